The molecule has 1 aromatic rings. The third kappa shape index (κ3) is 2.68. The summed E-state index contributed by atoms with van der Waals surface area (Å²) >= 11 is 2.05. The highest BCUT2D eigenvalue weighted by atomic mass is 127. The van der Waals surface area contributed by atoms with E-state index in [2.05, 4.69) is 22.6 Å². The zero-order valence-electron chi connectivity index (χ0n) is 9.39. The summed E-state index contributed by atoms with van der Waals surface area (Å²) < 4.78 is 0.837. The van der Waals surface area contributed by atoms with Crippen LogP contribution < -0.4 is 4.90 Å². The Morgan fingerprint density at radius 1 is 1.59 bits per heavy atom. The maximum absolute atomic E-state index is 11.0. The smallest absolute Gasteiger partial charge is 0.293 e. The van der Waals surface area contributed by atoms with E-state index in [1.807, 2.05) is 11.0 Å². The fraction of sp³-hybridized carbons (Fsp3) is 0.455. The zero-order chi connectivity index (χ0) is 12.6. The van der Waals surface area contributed by atoms with Crippen LogP contribution in [0.25, 0.3) is 0 Å². The average molecular weight is 348 g/mol. The molecule has 6 heteroatoms. The molecule has 17 heavy (non-hydrogen) atoms. The number of rotatable bonds is 2. The maximum atomic E-state index is 11.0. The van der Waals surface area contributed by atoms with E-state index in [0.29, 0.717) is 25.2 Å². The number of aliphatic hydroxyl groups is 1. The second-order valence-corrected chi connectivity index (χ2v) is 5.80. The minimum absolute atomic E-state index is 0.106. The van der Waals surface area contributed by atoms with Crippen LogP contribution in [0.5, 0.6) is 0 Å². The van der Waals surface area contributed by atoms with Crippen molar-refractivity contribution in [3.63, 3.8) is 0 Å². The van der Waals surface area contributed by atoms with E-state index in [1.165, 1.54) is 0 Å². The minimum atomic E-state index is -0.753. The molecule has 1 aromatic carbocycles. The third-order valence-electron chi connectivity index (χ3n) is 2.93. The summed E-state index contributed by atoms with van der Waals surface area (Å²) in [5.41, 5.74) is -0.0561. The van der Waals surface area contributed by atoms with Gasteiger partial charge in [0.05, 0.1) is 10.5 Å². The van der Waals surface area contributed by atoms with Crippen LogP contribution in [0.15, 0.2) is 18.2 Å². The van der Waals surface area contributed by atoms with Crippen LogP contribution in [-0.2, 0) is 0 Å². The van der Waals surface area contributed by atoms with Crippen LogP contribution in [0.1, 0.15) is 13.3 Å². The monoisotopic (exact) mass is 348 g/mol. The number of β-amino-alcohol motifs (C(OH)–C–C–N with tert-alkyl or cyclic N) is 1. The summed E-state index contributed by atoms with van der Waals surface area (Å²) in [5, 5.41) is 20.9. The van der Waals surface area contributed by atoms with Gasteiger partial charge in [-0.25, -0.2) is 0 Å². The van der Waals surface area contributed by atoms with Crippen molar-refractivity contribution in [2.24, 2.45) is 0 Å². The molecule has 92 valence electrons. The Kier molecular flexibility index (Phi) is 3.26. The van der Waals surface area contributed by atoms with Crippen LogP contribution >= 0.6 is 22.6 Å². The number of anilines is 1. The number of hydrogen-bond acceptors (Lipinski definition) is 4. The molecule has 5 nitrogen and oxygen atoms in total. The molecule has 1 atom stereocenters. The average Bonchev–Trinajstić information content (AvgIpc) is 2.58. The van der Waals surface area contributed by atoms with E-state index < -0.39 is 5.60 Å². The topological polar surface area (TPSA) is 66.6 Å². The third-order valence-corrected chi connectivity index (χ3v) is 3.60. The first-order chi connectivity index (χ1) is 7.89. The van der Waals surface area contributed by atoms with Gasteiger partial charge in [0.2, 0.25) is 0 Å². The zero-order valence-corrected chi connectivity index (χ0v) is 11.5. The molecule has 1 heterocycles. The van der Waals surface area contributed by atoms with Crippen LogP contribution in [0, 0.1) is 13.7 Å². The lowest BCUT2D eigenvalue weighted by molar-refractivity contribution is -0.384. The van der Waals surface area contributed by atoms with Crippen LogP contribution in [0.3, 0.4) is 0 Å². The summed E-state index contributed by atoms with van der Waals surface area (Å²) in [7, 11) is 0. The van der Waals surface area contributed by atoms with Crippen molar-refractivity contribution in [3.8, 4) is 0 Å². The summed E-state index contributed by atoms with van der Waals surface area (Å²) in [5.74, 6) is 0. The van der Waals surface area contributed by atoms with Crippen molar-refractivity contribution in [2.45, 2.75) is 18.9 Å². The Bertz CT molecular complexity index is 462. The standard InChI is InChI=1S/C11H13IN2O3/c1-11(15)4-5-13(7-11)9-3-2-8(12)6-10(9)14(16)17/h2-3,6,15H,4-5,7H2,1H3. The summed E-state index contributed by atoms with van der Waals surface area (Å²) in [6, 6.07) is 5.15. The molecule has 1 aliphatic rings. The molecule has 0 spiro atoms. The highest BCUT2D eigenvalue weighted by Gasteiger charge is 2.34. The number of nitrogens with zero attached hydrogens (tertiary/aromatic N) is 2. The van der Waals surface area contributed by atoms with Gasteiger partial charge < -0.3 is 10.0 Å². The lowest BCUT2D eigenvalue weighted by Gasteiger charge is -2.20. The first-order valence-corrected chi connectivity index (χ1v) is 6.38. The van der Waals surface area contributed by atoms with E-state index in [4.69, 9.17) is 0 Å². The van der Waals surface area contributed by atoms with Gasteiger partial charge in [0.15, 0.2) is 0 Å². The highest BCUT2D eigenvalue weighted by Crippen LogP contribution is 2.34. The summed E-state index contributed by atoms with van der Waals surface area (Å²) in [6.45, 7) is 2.84. The van der Waals surface area contributed by atoms with E-state index in [9.17, 15) is 15.2 Å². The Morgan fingerprint density at radius 2 is 2.29 bits per heavy atom. The number of hydrogen-bond donors (Lipinski definition) is 1. The van der Waals surface area contributed by atoms with Gasteiger partial charge in [0.1, 0.15) is 5.69 Å². The van der Waals surface area contributed by atoms with Crippen molar-refractivity contribution >= 4 is 34.0 Å². The van der Waals surface area contributed by atoms with Crippen LogP contribution in [0.4, 0.5) is 11.4 Å². The Balaban J connectivity index is 2.36. The van der Waals surface area contributed by atoms with Crippen LogP contribution in [-0.4, -0.2) is 28.7 Å². The van der Waals surface area contributed by atoms with Gasteiger partial charge in [-0.15, -0.1) is 0 Å². The Hall–Kier alpha value is -0.890. The van der Waals surface area contributed by atoms with Crippen molar-refractivity contribution < 1.29 is 10.0 Å². The normalized spacial score (nSPS) is 24.1. The first kappa shape index (κ1) is 12.6. The number of benzene rings is 1. The van der Waals surface area contributed by atoms with Gasteiger partial charge in [0, 0.05) is 22.7 Å². The predicted molar refractivity (Wildman–Crippen MR) is 73.3 cm³/mol. The van der Waals surface area contributed by atoms with E-state index in [0.717, 1.165) is 3.57 Å². The second-order valence-electron chi connectivity index (χ2n) is 4.56. The molecule has 1 saturated heterocycles. The SMILES string of the molecule is CC1(O)CCN(c2ccc(I)cc2[N+](=O)[O-])C1. The molecule has 1 N–H and O–H groups in total. The molecule has 1 unspecified atom stereocenters. The molecule has 0 aromatic heterocycles. The largest absolute Gasteiger partial charge is 0.388 e. The second kappa shape index (κ2) is 4.41. The lowest BCUT2D eigenvalue weighted by Crippen LogP contribution is -2.29. The van der Waals surface area contributed by atoms with Gasteiger partial charge in [0.25, 0.3) is 5.69 Å². The quantitative estimate of drug-likeness (QED) is 0.505. The first-order valence-electron chi connectivity index (χ1n) is 5.30. The van der Waals surface area contributed by atoms with Crippen molar-refractivity contribution in [3.05, 3.63) is 31.9 Å². The van der Waals surface area contributed by atoms with Crippen molar-refractivity contribution in [2.75, 3.05) is 18.0 Å². The fourth-order valence-electron chi connectivity index (χ4n) is 2.06. The number of halogens is 1. The van der Waals surface area contributed by atoms with E-state index in [1.54, 1.807) is 19.1 Å². The van der Waals surface area contributed by atoms with Gasteiger partial charge in [-0.05, 0) is 48.1 Å². The maximum Gasteiger partial charge on any atom is 0.293 e. The molecular formula is C11H13IN2O3. The summed E-state index contributed by atoms with van der Waals surface area (Å²) in [6.07, 6.45) is 0.635. The van der Waals surface area contributed by atoms with Crippen molar-refractivity contribution in [1.82, 2.24) is 0 Å². The van der Waals surface area contributed by atoms with Crippen LogP contribution in [0.2, 0.25) is 0 Å². The molecule has 0 saturated carbocycles. The Labute approximate surface area is 113 Å². The minimum Gasteiger partial charge on any atom is -0.388 e. The molecule has 1 aliphatic heterocycles. The molecule has 0 bridgehead atoms. The predicted octanol–water partition coefficient (Wildman–Crippen LogP) is 2.16. The molecule has 1 fully saturated rings. The molecular weight excluding hydrogens is 335 g/mol. The van der Waals surface area contributed by atoms with Crippen molar-refractivity contribution in [1.29, 1.82) is 0 Å². The fourth-order valence-corrected chi connectivity index (χ4v) is 2.54. The van der Waals surface area contributed by atoms with Gasteiger partial charge in [-0.2, -0.15) is 0 Å². The summed E-state index contributed by atoms with van der Waals surface area (Å²) in [4.78, 5) is 12.5. The van der Waals surface area contributed by atoms with E-state index in [-0.39, 0.29) is 10.6 Å². The molecule has 2 rings (SSSR count). The molecule has 0 aliphatic carbocycles. The molecule has 0 amide bonds. The number of nitro groups is 1. The Morgan fingerprint density at radius 3 is 2.82 bits per heavy atom. The van der Waals surface area contributed by atoms with E-state index >= 15 is 0 Å². The lowest BCUT2D eigenvalue weighted by atomic mass is 10.1. The van der Waals surface area contributed by atoms with Gasteiger partial charge in [-0.3, -0.25) is 10.1 Å². The van der Waals surface area contributed by atoms with Gasteiger partial charge in [-0.1, -0.05) is 0 Å². The molecule has 0 radical (unpaired) electrons. The highest BCUT2D eigenvalue weighted by molar-refractivity contribution is 14.1. The van der Waals surface area contributed by atoms with Gasteiger partial charge >= 0.3 is 0 Å². The number of nitro benzene ring substituents is 1.